The fourth-order valence-corrected chi connectivity index (χ4v) is 3.30. The summed E-state index contributed by atoms with van der Waals surface area (Å²) >= 11 is 0. The van der Waals surface area contributed by atoms with Gasteiger partial charge in [0.25, 0.3) is 0 Å². The molecule has 0 N–H and O–H groups in total. The lowest BCUT2D eigenvalue weighted by Crippen LogP contribution is -2.32. The number of esters is 1. The van der Waals surface area contributed by atoms with Gasteiger partial charge in [0.05, 0.1) is 25.0 Å². The zero-order valence-electron chi connectivity index (χ0n) is 12.0. The summed E-state index contributed by atoms with van der Waals surface area (Å²) in [6, 6.07) is 9.84. The van der Waals surface area contributed by atoms with Crippen LogP contribution in [0.15, 0.2) is 30.3 Å². The van der Waals surface area contributed by atoms with Gasteiger partial charge in [-0.3, -0.25) is 14.4 Å². The average Bonchev–Trinajstić information content (AvgIpc) is 2.77. The molecule has 0 radical (unpaired) electrons. The molecule has 112 valence electrons. The minimum atomic E-state index is -0.316. The van der Waals surface area contributed by atoms with Gasteiger partial charge >= 0.3 is 5.97 Å². The third-order valence-corrected chi connectivity index (χ3v) is 4.41. The number of amides is 1. The number of hydrogen-bond acceptors (Lipinski definition) is 4. The molecule has 2 aliphatic rings. The third-order valence-electron chi connectivity index (χ3n) is 4.41. The molecule has 1 amide bonds. The summed E-state index contributed by atoms with van der Waals surface area (Å²) in [5.74, 6) is -0.961. The van der Waals surface area contributed by atoms with Crippen LogP contribution in [-0.4, -0.2) is 30.1 Å². The van der Waals surface area contributed by atoms with Gasteiger partial charge in [-0.05, 0) is 24.8 Å². The molecule has 21 heavy (non-hydrogen) atoms. The molecular formula is C16H19NO4. The smallest absolute Gasteiger partial charge is 0.309 e. The van der Waals surface area contributed by atoms with Crippen molar-refractivity contribution >= 4 is 11.9 Å². The van der Waals surface area contributed by atoms with Crippen LogP contribution in [0.5, 0.6) is 0 Å². The topological polar surface area (TPSA) is 55.8 Å². The third kappa shape index (κ3) is 2.65. The highest BCUT2D eigenvalue weighted by atomic mass is 16.7. The van der Waals surface area contributed by atoms with Crippen LogP contribution in [-0.2, 0) is 25.8 Å². The van der Waals surface area contributed by atoms with Gasteiger partial charge in [-0.1, -0.05) is 30.3 Å². The Hall–Kier alpha value is -1.88. The van der Waals surface area contributed by atoms with E-state index in [1.165, 1.54) is 12.2 Å². The van der Waals surface area contributed by atoms with Crippen LogP contribution >= 0.6 is 0 Å². The van der Waals surface area contributed by atoms with Gasteiger partial charge in [0.1, 0.15) is 6.61 Å². The Balaban J connectivity index is 1.66. The highest BCUT2D eigenvalue weighted by Gasteiger charge is 2.50. The Morgan fingerprint density at radius 3 is 2.76 bits per heavy atom. The maximum absolute atomic E-state index is 12.4. The lowest BCUT2D eigenvalue weighted by molar-refractivity contribution is -0.195. The summed E-state index contributed by atoms with van der Waals surface area (Å²) < 4.78 is 4.80. The number of methoxy groups -OCH3 is 1. The van der Waals surface area contributed by atoms with Crippen molar-refractivity contribution < 1.29 is 19.2 Å². The summed E-state index contributed by atoms with van der Waals surface area (Å²) in [6.45, 7) is 0.374. The lowest BCUT2D eigenvalue weighted by Gasteiger charge is -2.25. The van der Waals surface area contributed by atoms with E-state index in [9.17, 15) is 9.59 Å². The number of hydroxylamine groups is 2. The van der Waals surface area contributed by atoms with E-state index >= 15 is 0 Å². The molecule has 1 saturated heterocycles. The number of benzene rings is 1. The molecule has 2 fully saturated rings. The zero-order chi connectivity index (χ0) is 14.8. The van der Waals surface area contributed by atoms with Crippen molar-refractivity contribution in [3.63, 3.8) is 0 Å². The maximum atomic E-state index is 12.4. The van der Waals surface area contributed by atoms with Crippen molar-refractivity contribution in [2.24, 2.45) is 11.8 Å². The number of nitrogens with zero attached hydrogens (tertiary/aromatic N) is 1. The molecule has 3 atom stereocenters. The van der Waals surface area contributed by atoms with Gasteiger partial charge in [0.15, 0.2) is 0 Å². The molecule has 5 heteroatoms. The van der Waals surface area contributed by atoms with Crippen molar-refractivity contribution in [1.82, 2.24) is 5.06 Å². The van der Waals surface area contributed by atoms with E-state index in [4.69, 9.17) is 9.57 Å². The molecule has 3 rings (SSSR count). The second-order valence-electron chi connectivity index (χ2n) is 5.63. The first-order valence-corrected chi connectivity index (χ1v) is 7.28. The first kappa shape index (κ1) is 14.1. The Bertz CT molecular complexity index is 530. The molecule has 1 aromatic carbocycles. The number of rotatable bonds is 4. The standard InChI is InChI=1S/C16H19NO4/c1-20-16(19)13-8-7-12-9-14(13)15(18)17(12)21-10-11-5-3-2-4-6-11/h2-6,12-14H,7-10H2,1H3. The van der Waals surface area contributed by atoms with Crippen molar-refractivity contribution in [3.05, 3.63) is 35.9 Å². The molecule has 1 aliphatic heterocycles. The predicted octanol–water partition coefficient (Wildman–Crippen LogP) is 1.92. The lowest BCUT2D eigenvalue weighted by atomic mass is 9.80. The van der Waals surface area contributed by atoms with Crippen LogP contribution in [0.2, 0.25) is 0 Å². The first-order valence-electron chi connectivity index (χ1n) is 7.28. The van der Waals surface area contributed by atoms with Crippen LogP contribution in [0, 0.1) is 11.8 Å². The van der Waals surface area contributed by atoms with Gasteiger partial charge in [0, 0.05) is 0 Å². The Morgan fingerprint density at radius 2 is 2.05 bits per heavy atom. The van der Waals surface area contributed by atoms with E-state index in [0.29, 0.717) is 19.4 Å². The molecule has 5 nitrogen and oxygen atoms in total. The van der Waals surface area contributed by atoms with Gasteiger partial charge in [0.2, 0.25) is 5.91 Å². The van der Waals surface area contributed by atoms with E-state index in [0.717, 1.165) is 12.0 Å². The number of ether oxygens (including phenoxy) is 1. The molecule has 1 aliphatic carbocycles. The molecule has 0 spiro atoms. The van der Waals surface area contributed by atoms with Gasteiger partial charge in [-0.25, -0.2) is 5.06 Å². The zero-order valence-corrected chi connectivity index (χ0v) is 12.0. The van der Waals surface area contributed by atoms with Gasteiger partial charge in [-0.2, -0.15) is 0 Å². The quantitative estimate of drug-likeness (QED) is 0.795. The van der Waals surface area contributed by atoms with Crippen molar-refractivity contribution in [1.29, 1.82) is 0 Å². The van der Waals surface area contributed by atoms with E-state index < -0.39 is 0 Å². The summed E-state index contributed by atoms with van der Waals surface area (Å²) in [5, 5.41) is 1.49. The van der Waals surface area contributed by atoms with Gasteiger partial charge in [-0.15, -0.1) is 0 Å². The van der Waals surface area contributed by atoms with E-state index in [-0.39, 0.29) is 29.8 Å². The van der Waals surface area contributed by atoms with Crippen LogP contribution in [0.25, 0.3) is 0 Å². The maximum Gasteiger partial charge on any atom is 0.309 e. The average molecular weight is 289 g/mol. The molecule has 1 heterocycles. The number of carbonyl (C=O) groups is 2. The Kier molecular flexibility index (Phi) is 3.92. The molecule has 0 aromatic heterocycles. The summed E-state index contributed by atoms with van der Waals surface area (Å²) in [7, 11) is 1.37. The van der Waals surface area contributed by atoms with E-state index in [1.807, 2.05) is 30.3 Å². The SMILES string of the molecule is COC(=O)C1CCC2CC1C(=O)N2OCc1ccccc1. The first-order chi connectivity index (χ1) is 10.2. The van der Waals surface area contributed by atoms with Crippen LogP contribution in [0.4, 0.5) is 0 Å². The minimum absolute atomic E-state index is 0.0798. The largest absolute Gasteiger partial charge is 0.469 e. The predicted molar refractivity (Wildman–Crippen MR) is 74.7 cm³/mol. The number of carbonyl (C=O) groups excluding carboxylic acids is 2. The summed E-state index contributed by atoms with van der Waals surface area (Å²) in [6.07, 6.45) is 2.17. The minimum Gasteiger partial charge on any atom is -0.469 e. The van der Waals surface area contributed by atoms with Crippen LogP contribution < -0.4 is 0 Å². The monoisotopic (exact) mass is 289 g/mol. The Morgan fingerprint density at radius 1 is 1.29 bits per heavy atom. The van der Waals surface area contributed by atoms with E-state index in [2.05, 4.69) is 0 Å². The summed E-state index contributed by atoms with van der Waals surface area (Å²) in [4.78, 5) is 29.9. The Labute approximate surface area is 123 Å². The molecule has 3 unspecified atom stereocenters. The second kappa shape index (κ2) is 5.85. The molecular weight excluding hydrogens is 270 g/mol. The number of fused-ring (bicyclic) bond motifs is 2. The molecule has 2 bridgehead atoms. The second-order valence-corrected chi connectivity index (χ2v) is 5.63. The van der Waals surface area contributed by atoms with Crippen molar-refractivity contribution in [3.8, 4) is 0 Å². The van der Waals surface area contributed by atoms with Crippen LogP contribution in [0.1, 0.15) is 24.8 Å². The van der Waals surface area contributed by atoms with Crippen molar-refractivity contribution in [2.75, 3.05) is 7.11 Å². The van der Waals surface area contributed by atoms with Crippen molar-refractivity contribution in [2.45, 2.75) is 31.9 Å². The molecule has 1 saturated carbocycles. The number of hydrogen-bond donors (Lipinski definition) is 0. The van der Waals surface area contributed by atoms with Gasteiger partial charge < -0.3 is 4.74 Å². The summed E-state index contributed by atoms with van der Waals surface area (Å²) in [5.41, 5.74) is 1.02. The normalized spacial score (nSPS) is 27.8. The fourth-order valence-electron chi connectivity index (χ4n) is 3.30. The highest BCUT2D eigenvalue weighted by Crippen LogP contribution is 2.41. The molecule has 1 aromatic rings. The van der Waals surface area contributed by atoms with E-state index in [1.54, 1.807) is 0 Å². The fraction of sp³-hybridized carbons (Fsp3) is 0.500. The van der Waals surface area contributed by atoms with Crippen LogP contribution in [0.3, 0.4) is 0 Å². The highest BCUT2D eigenvalue weighted by molar-refractivity contribution is 5.87.